The lowest BCUT2D eigenvalue weighted by Crippen LogP contribution is -2.49. The smallest absolute Gasteiger partial charge is 0.239 e. The van der Waals surface area contributed by atoms with Gasteiger partial charge in [0.15, 0.2) is 0 Å². The van der Waals surface area contributed by atoms with Crippen molar-refractivity contribution in [3.63, 3.8) is 0 Å². The molecule has 0 saturated heterocycles. The maximum absolute atomic E-state index is 12.5. The Morgan fingerprint density at radius 2 is 2.20 bits per heavy atom. The molecule has 0 fully saturated rings. The second-order valence-corrected chi connectivity index (χ2v) is 6.50. The molecule has 1 aromatic carbocycles. The molecule has 25 heavy (non-hydrogen) atoms. The summed E-state index contributed by atoms with van der Waals surface area (Å²) in [6.07, 6.45) is 0. The number of imidazole rings is 1. The molecule has 2 N–H and O–H groups in total. The third-order valence-corrected chi connectivity index (χ3v) is 4.75. The summed E-state index contributed by atoms with van der Waals surface area (Å²) in [4.78, 5) is 17.2. The van der Waals surface area contributed by atoms with Gasteiger partial charge in [-0.05, 0) is 31.5 Å². The summed E-state index contributed by atoms with van der Waals surface area (Å²) in [5.41, 5.74) is 3.19. The number of hydrogen-bond donors (Lipinski definition) is 2. The van der Waals surface area contributed by atoms with Gasteiger partial charge in [-0.25, -0.2) is 4.98 Å². The molecule has 8 heteroatoms. The topological polar surface area (TPSA) is 89.7 Å². The highest BCUT2D eigenvalue weighted by Crippen LogP contribution is 2.16. The van der Waals surface area contributed by atoms with Crippen LogP contribution in [-0.4, -0.2) is 36.3 Å². The van der Waals surface area contributed by atoms with E-state index >= 15 is 0 Å². The molecule has 8 nitrogen and oxygen atoms in total. The van der Waals surface area contributed by atoms with Crippen LogP contribution in [0.5, 0.6) is 0 Å². The average molecular weight is 339 g/mol. The summed E-state index contributed by atoms with van der Waals surface area (Å²) in [7, 11) is 1.97. The third kappa shape index (κ3) is 2.78. The Balaban J connectivity index is 1.46. The highest BCUT2D eigenvalue weighted by molar-refractivity contribution is 5.82. The van der Waals surface area contributed by atoms with Crippen LogP contribution in [0.2, 0.25) is 0 Å². The minimum atomic E-state index is -0.292. The van der Waals surface area contributed by atoms with Gasteiger partial charge in [0.2, 0.25) is 5.91 Å². The molecule has 0 radical (unpaired) electrons. The minimum Gasteiger partial charge on any atom is -0.347 e. The maximum Gasteiger partial charge on any atom is 0.239 e. The van der Waals surface area contributed by atoms with Crippen molar-refractivity contribution in [3.8, 4) is 0 Å². The van der Waals surface area contributed by atoms with Crippen LogP contribution in [0.15, 0.2) is 18.2 Å². The summed E-state index contributed by atoms with van der Waals surface area (Å²) in [5, 5.41) is 14.3. The number of rotatable bonds is 3. The third-order valence-electron chi connectivity index (χ3n) is 4.75. The van der Waals surface area contributed by atoms with Gasteiger partial charge < -0.3 is 14.5 Å². The lowest BCUT2D eigenvalue weighted by Gasteiger charge is -2.24. The summed E-state index contributed by atoms with van der Waals surface area (Å²) >= 11 is 0. The van der Waals surface area contributed by atoms with Gasteiger partial charge in [0.1, 0.15) is 23.5 Å². The van der Waals surface area contributed by atoms with E-state index in [2.05, 4.69) is 44.0 Å². The first kappa shape index (κ1) is 15.8. The summed E-state index contributed by atoms with van der Waals surface area (Å²) < 4.78 is 4.00. The van der Waals surface area contributed by atoms with E-state index in [1.54, 1.807) is 0 Å². The number of amides is 1. The predicted octanol–water partition coefficient (Wildman–Crippen LogP) is 0.570. The average Bonchev–Trinajstić information content (AvgIpc) is 3.12. The Bertz CT molecular complexity index is 955. The van der Waals surface area contributed by atoms with Crippen LogP contribution in [0, 0.1) is 13.8 Å². The van der Waals surface area contributed by atoms with Gasteiger partial charge in [-0.2, -0.15) is 0 Å². The fourth-order valence-electron chi connectivity index (χ4n) is 3.24. The first-order chi connectivity index (χ1) is 12.0. The fourth-order valence-corrected chi connectivity index (χ4v) is 3.24. The number of benzene rings is 1. The van der Waals surface area contributed by atoms with E-state index in [4.69, 9.17) is 0 Å². The standard InChI is InChI=1S/C17H21N7O/c1-10-4-5-14-12(6-10)20-15(23(14)3)7-19-17(25)13-9-24-11(2)21-22-16(24)8-18-13/h4-6,13,18H,7-9H2,1-3H3,(H,19,25). The van der Waals surface area contributed by atoms with E-state index in [1.165, 1.54) is 5.56 Å². The van der Waals surface area contributed by atoms with E-state index in [0.717, 1.165) is 28.5 Å². The van der Waals surface area contributed by atoms with Crippen LogP contribution in [-0.2, 0) is 31.5 Å². The predicted molar refractivity (Wildman–Crippen MR) is 92.7 cm³/mol. The molecule has 0 bridgehead atoms. The number of nitrogens with one attached hydrogen (secondary N) is 2. The second-order valence-electron chi connectivity index (χ2n) is 6.50. The number of carbonyl (C=O) groups is 1. The number of hydrogen-bond acceptors (Lipinski definition) is 5. The van der Waals surface area contributed by atoms with Crippen molar-refractivity contribution in [2.75, 3.05) is 0 Å². The molecule has 0 saturated carbocycles. The maximum atomic E-state index is 12.5. The Labute approximate surface area is 145 Å². The van der Waals surface area contributed by atoms with Gasteiger partial charge in [0, 0.05) is 13.6 Å². The van der Waals surface area contributed by atoms with Crippen LogP contribution in [0.1, 0.15) is 23.0 Å². The van der Waals surface area contributed by atoms with Crippen LogP contribution in [0.4, 0.5) is 0 Å². The van der Waals surface area contributed by atoms with Gasteiger partial charge in [-0.1, -0.05) is 6.07 Å². The molecule has 4 rings (SSSR count). The van der Waals surface area contributed by atoms with Crippen molar-refractivity contribution >= 4 is 16.9 Å². The van der Waals surface area contributed by atoms with E-state index in [-0.39, 0.29) is 11.9 Å². The quantitative estimate of drug-likeness (QED) is 0.728. The lowest BCUT2D eigenvalue weighted by molar-refractivity contribution is -0.124. The van der Waals surface area contributed by atoms with Gasteiger partial charge >= 0.3 is 0 Å². The Hall–Kier alpha value is -2.74. The van der Waals surface area contributed by atoms with Crippen molar-refractivity contribution in [2.24, 2.45) is 7.05 Å². The molecule has 1 amide bonds. The molecule has 1 atom stereocenters. The minimum absolute atomic E-state index is 0.0398. The Morgan fingerprint density at radius 3 is 3.04 bits per heavy atom. The van der Waals surface area contributed by atoms with Gasteiger partial charge in [-0.15, -0.1) is 10.2 Å². The highest BCUT2D eigenvalue weighted by atomic mass is 16.2. The molecule has 2 aromatic heterocycles. The zero-order valence-electron chi connectivity index (χ0n) is 14.6. The van der Waals surface area contributed by atoms with Gasteiger partial charge in [0.25, 0.3) is 0 Å². The molecule has 3 heterocycles. The first-order valence-electron chi connectivity index (χ1n) is 8.34. The van der Waals surface area contributed by atoms with E-state index < -0.39 is 0 Å². The number of fused-ring (bicyclic) bond motifs is 2. The zero-order valence-corrected chi connectivity index (χ0v) is 14.6. The van der Waals surface area contributed by atoms with Crippen molar-refractivity contribution in [1.29, 1.82) is 0 Å². The molecule has 130 valence electrons. The molecular weight excluding hydrogens is 318 g/mol. The number of aryl methyl sites for hydroxylation is 3. The van der Waals surface area contributed by atoms with E-state index in [1.807, 2.05) is 30.0 Å². The van der Waals surface area contributed by atoms with Crippen molar-refractivity contribution < 1.29 is 4.79 Å². The summed E-state index contributed by atoms with van der Waals surface area (Å²) in [6.45, 7) is 5.44. The number of carbonyl (C=O) groups excluding carboxylic acids is 1. The Kier molecular flexibility index (Phi) is 3.76. The largest absolute Gasteiger partial charge is 0.347 e. The fraction of sp³-hybridized carbons (Fsp3) is 0.412. The number of aromatic nitrogens is 5. The summed E-state index contributed by atoms with van der Waals surface area (Å²) in [6, 6.07) is 5.89. The molecule has 1 unspecified atom stereocenters. The second kappa shape index (κ2) is 5.96. The molecule has 3 aromatic rings. The molecule has 0 aliphatic carbocycles. The monoisotopic (exact) mass is 339 g/mol. The van der Waals surface area contributed by atoms with Crippen molar-refractivity contribution in [3.05, 3.63) is 41.2 Å². The normalized spacial score (nSPS) is 16.8. The van der Waals surface area contributed by atoms with Crippen molar-refractivity contribution in [2.45, 2.75) is 39.5 Å². The van der Waals surface area contributed by atoms with Gasteiger partial charge in [0.05, 0.1) is 24.1 Å². The van der Waals surface area contributed by atoms with E-state index in [9.17, 15) is 4.79 Å². The Morgan fingerprint density at radius 1 is 1.36 bits per heavy atom. The van der Waals surface area contributed by atoms with Crippen LogP contribution in [0.25, 0.3) is 11.0 Å². The molecule has 1 aliphatic rings. The SMILES string of the molecule is Cc1ccc2c(c1)nc(CNC(=O)C1Cn3c(C)nnc3CN1)n2C. The zero-order chi connectivity index (χ0) is 17.6. The molecule has 1 aliphatic heterocycles. The van der Waals surface area contributed by atoms with Crippen LogP contribution in [0.3, 0.4) is 0 Å². The summed E-state index contributed by atoms with van der Waals surface area (Å²) in [5.74, 6) is 2.50. The molecular formula is C17H21N7O. The van der Waals surface area contributed by atoms with Crippen molar-refractivity contribution in [1.82, 2.24) is 34.9 Å². The molecule has 0 spiro atoms. The first-order valence-corrected chi connectivity index (χ1v) is 8.34. The highest BCUT2D eigenvalue weighted by Gasteiger charge is 2.26. The van der Waals surface area contributed by atoms with Crippen LogP contribution >= 0.6 is 0 Å². The van der Waals surface area contributed by atoms with Gasteiger partial charge in [-0.3, -0.25) is 10.1 Å². The number of nitrogens with zero attached hydrogens (tertiary/aromatic N) is 5. The van der Waals surface area contributed by atoms with E-state index in [0.29, 0.717) is 19.6 Å². The van der Waals surface area contributed by atoms with Crippen LogP contribution < -0.4 is 10.6 Å². The lowest BCUT2D eigenvalue weighted by atomic mass is 10.2.